The van der Waals surface area contributed by atoms with Crippen molar-refractivity contribution in [2.24, 2.45) is 0 Å². The Morgan fingerprint density at radius 3 is 2.48 bits per heavy atom. The number of alkyl halides is 3. The number of halogens is 3. The summed E-state index contributed by atoms with van der Waals surface area (Å²) in [5, 5.41) is 2.06. The highest BCUT2D eigenvalue weighted by Gasteiger charge is 2.36. The number of fused-ring (bicyclic) bond motifs is 1. The van der Waals surface area contributed by atoms with Crippen LogP contribution < -0.4 is 5.32 Å². The number of aromatic nitrogens is 6. The lowest BCUT2D eigenvalue weighted by Crippen LogP contribution is -2.14. The van der Waals surface area contributed by atoms with Gasteiger partial charge in [-0.3, -0.25) is 4.57 Å². The minimum absolute atomic E-state index is 0.00630. The number of hydrogen-bond acceptors (Lipinski definition) is 8. The van der Waals surface area contributed by atoms with E-state index in [-0.39, 0.29) is 22.8 Å². The van der Waals surface area contributed by atoms with Gasteiger partial charge in [-0.15, -0.1) is 0 Å². The molecule has 0 aliphatic rings. The van der Waals surface area contributed by atoms with Crippen molar-refractivity contribution in [3.05, 3.63) is 24.4 Å². The lowest BCUT2D eigenvalue weighted by molar-refractivity contribution is -0.144. The molecular formula is C12H10F3N7O2S. The van der Waals surface area contributed by atoms with Crippen LogP contribution in [0.3, 0.4) is 0 Å². The first kappa shape index (κ1) is 17.0. The second-order valence-electron chi connectivity index (χ2n) is 4.90. The van der Waals surface area contributed by atoms with Gasteiger partial charge >= 0.3 is 6.18 Å². The third kappa shape index (κ3) is 3.09. The second-order valence-corrected chi connectivity index (χ2v) is 6.81. The van der Waals surface area contributed by atoms with Gasteiger partial charge in [-0.2, -0.15) is 13.2 Å². The largest absolute Gasteiger partial charge is 0.451 e. The molecule has 0 radical (unpaired) electrons. The van der Waals surface area contributed by atoms with E-state index in [2.05, 4.69) is 30.2 Å². The fourth-order valence-corrected chi connectivity index (χ4v) is 2.53. The van der Waals surface area contributed by atoms with Crippen molar-refractivity contribution < 1.29 is 21.6 Å². The molecule has 0 saturated heterocycles. The third-order valence-electron chi connectivity index (χ3n) is 3.08. The van der Waals surface area contributed by atoms with Crippen molar-refractivity contribution in [1.82, 2.24) is 29.5 Å². The van der Waals surface area contributed by atoms with Crippen LogP contribution in [0.4, 0.5) is 19.0 Å². The molecule has 0 saturated carbocycles. The van der Waals surface area contributed by atoms with Gasteiger partial charge in [0.2, 0.25) is 20.8 Å². The number of anilines is 1. The number of sulfone groups is 1. The Morgan fingerprint density at radius 1 is 1.16 bits per heavy atom. The Labute approximate surface area is 138 Å². The lowest BCUT2D eigenvalue weighted by atomic mass is 10.4. The van der Waals surface area contributed by atoms with Gasteiger partial charge in [-0.25, -0.2) is 33.3 Å². The van der Waals surface area contributed by atoms with E-state index < -0.39 is 27.0 Å². The number of hydrogen-bond donors (Lipinski definition) is 1. The summed E-state index contributed by atoms with van der Waals surface area (Å²) in [5.41, 5.74) is -0.0974. The quantitative estimate of drug-likeness (QED) is 0.678. The standard InChI is InChI=1S/C12H10F3N7O2S/c1-16-8-7-9(21-10(20-8)12(13,14)15)22(5-18-7)6-3-4-17-11(19-6)25(2,23)24/h3-5H,1-2H3,(H,16,20,21). The van der Waals surface area contributed by atoms with Crippen LogP contribution in [0.15, 0.2) is 23.7 Å². The highest BCUT2D eigenvalue weighted by Crippen LogP contribution is 2.30. The van der Waals surface area contributed by atoms with Crippen molar-refractivity contribution in [2.75, 3.05) is 18.6 Å². The first-order valence-corrected chi connectivity index (χ1v) is 8.54. The molecule has 0 spiro atoms. The molecule has 0 fully saturated rings. The zero-order valence-electron chi connectivity index (χ0n) is 12.8. The van der Waals surface area contributed by atoms with E-state index in [1.54, 1.807) is 0 Å². The first-order chi connectivity index (χ1) is 11.6. The van der Waals surface area contributed by atoms with Crippen LogP contribution in [0.1, 0.15) is 5.82 Å². The van der Waals surface area contributed by atoms with E-state index >= 15 is 0 Å². The zero-order chi connectivity index (χ0) is 18.4. The molecule has 0 atom stereocenters. The van der Waals surface area contributed by atoms with Gasteiger partial charge in [0.1, 0.15) is 12.1 Å². The summed E-state index contributed by atoms with van der Waals surface area (Å²) in [7, 11) is -2.30. The Kier molecular flexibility index (Phi) is 3.82. The molecule has 3 aromatic heterocycles. The molecule has 1 N–H and O–H groups in total. The predicted octanol–water partition coefficient (Wildman–Crippen LogP) is 1.07. The van der Waals surface area contributed by atoms with Crippen LogP contribution in [0.5, 0.6) is 0 Å². The van der Waals surface area contributed by atoms with E-state index in [0.717, 1.165) is 10.8 Å². The SMILES string of the molecule is CNc1nc(C(F)(F)F)nc2c1ncn2-c1ccnc(S(C)(=O)=O)n1. The van der Waals surface area contributed by atoms with Gasteiger partial charge in [-0.05, 0) is 6.07 Å². The summed E-state index contributed by atoms with van der Waals surface area (Å²) < 4.78 is 63.3. The number of imidazole rings is 1. The molecular weight excluding hydrogens is 363 g/mol. The average Bonchev–Trinajstić information content (AvgIpc) is 2.96. The predicted molar refractivity (Wildman–Crippen MR) is 79.9 cm³/mol. The zero-order valence-corrected chi connectivity index (χ0v) is 13.6. The topological polar surface area (TPSA) is 116 Å². The van der Waals surface area contributed by atoms with Crippen LogP contribution in [0.25, 0.3) is 17.0 Å². The van der Waals surface area contributed by atoms with Crippen molar-refractivity contribution in [1.29, 1.82) is 0 Å². The summed E-state index contributed by atoms with van der Waals surface area (Å²) in [6.07, 6.45) is -1.50. The van der Waals surface area contributed by atoms with Crippen LogP contribution in [0.2, 0.25) is 0 Å². The molecule has 9 nitrogen and oxygen atoms in total. The van der Waals surface area contributed by atoms with Gasteiger partial charge in [0.25, 0.3) is 0 Å². The second kappa shape index (κ2) is 5.61. The van der Waals surface area contributed by atoms with Gasteiger partial charge in [0.15, 0.2) is 17.0 Å². The van der Waals surface area contributed by atoms with Crippen LogP contribution in [-0.4, -0.2) is 51.2 Å². The summed E-state index contributed by atoms with van der Waals surface area (Å²) in [4.78, 5) is 18.4. The first-order valence-electron chi connectivity index (χ1n) is 6.65. The van der Waals surface area contributed by atoms with Crippen molar-refractivity contribution >= 4 is 26.8 Å². The van der Waals surface area contributed by atoms with Crippen molar-refractivity contribution in [2.45, 2.75) is 11.3 Å². The lowest BCUT2D eigenvalue weighted by Gasteiger charge is -2.09. The minimum Gasteiger partial charge on any atom is -0.371 e. The summed E-state index contributed by atoms with van der Waals surface area (Å²) in [6, 6.07) is 1.32. The summed E-state index contributed by atoms with van der Waals surface area (Å²) in [6.45, 7) is 0. The van der Waals surface area contributed by atoms with Crippen LogP contribution in [0, 0.1) is 0 Å². The molecule has 0 aromatic carbocycles. The van der Waals surface area contributed by atoms with E-state index in [4.69, 9.17) is 0 Å². The molecule has 0 aliphatic heterocycles. The molecule has 0 aliphatic carbocycles. The maximum Gasteiger partial charge on any atom is 0.451 e. The summed E-state index contributed by atoms with van der Waals surface area (Å²) >= 11 is 0. The molecule has 3 heterocycles. The molecule has 132 valence electrons. The van der Waals surface area contributed by atoms with E-state index in [9.17, 15) is 21.6 Å². The van der Waals surface area contributed by atoms with Crippen LogP contribution in [-0.2, 0) is 16.0 Å². The molecule has 3 aromatic rings. The fraction of sp³-hybridized carbons (Fsp3) is 0.250. The molecule has 25 heavy (non-hydrogen) atoms. The van der Waals surface area contributed by atoms with Crippen molar-refractivity contribution in [3.8, 4) is 5.82 Å². The smallest absolute Gasteiger partial charge is 0.371 e. The normalized spacial score (nSPS) is 12.5. The number of nitrogens with zero attached hydrogens (tertiary/aromatic N) is 6. The fourth-order valence-electron chi connectivity index (χ4n) is 2.01. The maximum absolute atomic E-state index is 13.0. The van der Waals surface area contributed by atoms with Crippen molar-refractivity contribution in [3.63, 3.8) is 0 Å². The minimum atomic E-state index is -4.77. The van der Waals surface area contributed by atoms with Gasteiger partial charge in [-0.1, -0.05) is 0 Å². The molecule has 3 rings (SSSR count). The number of nitrogens with one attached hydrogen (secondary N) is 1. The Morgan fingerprint density at radius 2 is 1.88 bits per heavy atom. The van der Waals surface area contributed by atoms with E-state index in [0.29, 0.717) is 0 Å². The average molecular weight is 373 g/mol. The molecule has 0 amide bonds. The maximum atomic E-state index is 13.0. The highest BCUT2D eigenvalue weighted by atomic mass is 32.2. The third-order valence-corrected chi connectivity index (χ3v) is 3.94. The summed E-state index contributed by atoms with van der Waals surface area (Å²) in [5.74, 6) is -1.47. The molecule has 0 bridgehead atoms. The van der Waals surface area contributed by atoms with Gasteiger partial charge in [0, 0.05) is 19.5 Å². The Bertz CT molecular complexity index is 1060. The van der Waals surface area contributed by atoms with E-state index in [1.807, 2.05) is 0 Å². The van der Waals surface area contributed by atoms with Crippen LogP contribution >= 0.6 is 0 Å². The molecule has 0 unspecified atom stereocenters. The monoisotopic (exact) mass is 373 g/mol. The highest BCUT2D eigenvalue weighted by molar-refractivity contribution is 7.90. The van der Waals surface area contributed by atoms with Gasteiger partial charge < -0.3 is 5.32 Å². The Hall–Kier alpha value is -2.83. The number of rotatable bonds is 3. The Balaban J connectivity index is 2.28. The van der Waals surface area contributed by atoms with E-state index in [1.165, 1.54) is 25.6 Å². The van der Waals surface area contributed by atoms with Gasteiger partial charge in [0.05, 0.1) is 0 Å². The molecule has 13 heteroatoms.